The van der Waals surface area contributed by atoms with E-state index in [0.29, 0.717) is 5.25 Å². The van der Waals surface area contributed by atoms with Crippen molar-refractivity contribution in [2.75, 3.05) is 0 Å². The Kier molecular flexibility index (Phi) is 5.12. The Balaban J connectivity index is 2.45. The molecule has 0 radical (unpaired) electrons. The van der Waals surface area contributed by atoms with Crippen LogP contribution in [0.25, 0.3) is 0 Å². The highest BCUT2D eigenvalue weighted by Crippen LogP contribution is 2.34. The molecule has 0 aromatic carbocycles. The summed E-state index contributed by atoms with van der Waals surface area (Å²) < 4.78 is 0. The van der Waals surface area contributed by atoms with Gasteiger partial charge < -0.3 is 0 Å². The molecule has 0 aliphatic carbocycles. The second-order valence-corrected chi connectivity index (χ2v) is 5.50. The first kappa shape index (κ1) is 11.7. The number of hydrogen-bond donors (Lipinski definition) is 0. The van der Waals surface area contributed by atoms with Crippen LogP contribution in [0.1, 0.15) is 18.9 Å². The van der Waals surface area contributed by atoms with Gasteiger partial charge in [0.05, 0.1) is 0 Å². The second-order valence-electron chi connectivity index (χ2n) is 3.04. The Bertz CT molecular complexity index is 282. The van der Waals surface area contributed by atoms with Crippen molar-refractivity contribution in [2.45, 2.75) is 30.5 Å². The van der Waals surface area contributed by atoms with Gasteiger partial charge in [0.1, 0.15) is 5.03 Å². The molecule has 0 N–H and O–H groups in total. The predicted molar refractivity (Wildman–Crippen MR) is 66.7 cm³/mol. The van der Waals surface area contributed by atoms with Crippen molar-refractivity contribution in [2.24, 2.45) is 0 Å². The van der Waals surface area contributed by atoms with E-state index in [2.05, 4.69) is 30.6 Å². The maximum absolute atomic E-state index is 4.33. The molecular formula is C11H15NS2. The minimum atomic E-state index is 0.517. The van der Waals surface area contributed by atoms with Gasteiger partial charge in [-0.25, -0.2) is 4.98 Å². The lowest BCUT2D eigenvalue weighted by molar-refractivity contribution is 0.985. The highest BCUT2D eigenvalue weighted by atomic mass is 33.1. The standard InChI is InChI=1S/C11H15NS2/c1-4-10(5-2)13-14-11-7-6-9(3)8-12-11/h4,6-8,10H,1,5H2,2-3H3. The summed E-state index contributed by atoms with van der Waals surface area (Å²) in [6.45, 7) is 8.02. The molecule has 14 heavy (non-hydrogen) atoms. The van der Waals surface area contributed by atoms with Crippen molar-refractivity contribution in [3.8, 4) is 0 Å². The zero-order valence-electron chi connectivity index (χ0n) is 8.56. The Morgan fingerprint density at radius 1 is 1.57 bits per heavy atom. The average molecular weight is 225 g/mol. The number of pyridine rings is 1. The molecule has 3 heteroatoms. The molecule has 1 rings (SSSR count). The molecule has 0 saturated heterocycles. The molecular weight excluding hydrogens is 210 g/mol. The summed E-state index contributed by atoms with van der Waals surface area (Å²) in [5.41, 5.74) is 1.20. The lowest BCUT2D eigenvalue weighted by Gasteiger charge is -2.07. The zero-order valence-corrected chi connectivity index (χ0v) is 10.2. The molecule has 0 spiro atoms. The van der Waals surface area contributed by atoms with Gasteiger partial charge in [-0.3, -0.25) is 0 Å². The van der Waals surface area contributed by atoms with Gasteiger partial charge in [-0.1, -0.05) is 29.9 Å². The molecule has 0 saturated carbocycles. The van der Waals surface area contributed by atoms with Crippen molar-refractivity contribution in [1.29, 1.82) is 0 Å². The molecule has 1 aromatic heterocycles. The van der Waals surface area contributed by atoms with E-state index in [0.717, 1.165) is 11.4 Å². The second kappa shape index (κ2) is 6.14. The molecule has 0 fully saturated rings. The summed E-state index contributed by atoms with van der Waals surface area (Å²) in [6.07, 6.45) is 5.01. The predicted octanol–water partition coefficient (Wildman–Crippen LogP) is 4.09. The third kappa shape index (κ3) is 3.76. The van der Waals surface area contributed by atoms with Gasteiger partial charge in [0.2, 0.25) is 0 Å². The summed E-state index contributed by atoms with van der Waals surface area (Å²) in [4.78, 5) is 4.33. The van der Waals surface area contributed by atoms with Crippen molar-refractivity contribution >= 4 is 21.6 Å². The van der Waals surface area contributed by atoms with E-state index in [1.165, 1.54) is 5.56 Å². The molecule has 1 aromatic rings. The molecule has 0 aliphatic heterocycles. The fourth-order valence-corrected chi connectivity index (χ4v) is 3.15. The Hall–Kier alpha value is -0.410. The van der Waals surface area contributed by atoms with E-state index in [1.54, 1.807) is 10.8 Å². The van der Waals surface area contributed by atoms with Crippen LogP contribution in [0.2, 0.25) is 0 Å². The van der Waals surface area contributed by atoms with Crippen LogP contribution in [-0.2, 0) is 0 Å². The molecule has 1 heterocycles. The Morgan fingerprint density at radius 3 is 2.86 bits per heavy atom. The van der Waals surface area contributed by atoms with E-state index in [-0.39, 0.29) is 0 Å². The van der Waals surface area contributed by atoms with Gasteiger partial charge in [-0.15, -0.1) is 6.58 Å². The van der Waals surface area contributed by atoms with Gasteiger partial charge in [0, 0.05) is 11.4 Å². The number of rotatable bonds is 5. The van der Waals surface area contributed by atoms with Crippen LogP contribution < -0.4 is 0 Å². The number of nitrogens with zero attached hydrogens (tertiary/aromatic N) is 1. The summed E-state index contributed by atoms with van der Waals surface area (Å²) in [7, 11) is 3.54. The van der Waals surface area contributed by atoms with E-state index in [1.807, 2.05) is 30.0 Å². The van der Waals surface area contributed by atoms with Crippen molar-refractivity contribution in [1.82, 2.24) is 4.98 Å². The number of aryl methyl sites for hydroxylation is 1. The minimum Gasteiger partial charge on any atom is -0.249 e. The van der Waals surface area contributed by atoms with Gasteiger partial charge in [-0.05, 0) is 35.8 Å². The van der Waals surface area contributed by atoms with Crippen LogP contribution in [0.3, 0.4) is 0 Å². The van der Waals surface area contributed by atoms with Gasteiger partial charge in [0.15, 0.2) is 0 Å². The van der Waals surface area contributed by atoms with Crippen molar-refractivity contribution in [3.63, 3.8) is 0 Å². The first-order valence-electron chi connectivity index (χ1n) is 4.64. The highest BCUT2D eigenvalue weighted by molar-refractivity contribution is 8.77. The maximum Gasteiger partial charge on any atom is 0.107 e. The number of hydrogen-bond acceptors (Lipinski definition) is 3. The van der Waals surface area contributed by atoms with Gasteiger partial charge in [-0.2, -0.15) is 0 Å². The van der Waals surface area contributed by atoms with Crippen molar-refractivity contribution in [3.05, 3.63) is 36.5 Å². The molecule has 1 nitrogen and oxygen atoms in total. The molecule has 1 unspecified atom stereocenters. The van der Waals surface area contributed by atoms with Crippen LogP contribution in [0.15, 0.2) is 36.0 Å². The third-order valence-electron chi connectivity index (χ3n) is 1.81. The Morgan fingerprint density at radius 2 is 2.36 bits per heavy atom. The van der Waals surface area contributed by atoms with E-state index in [9.17, 15) is 0 Å². The topological polar surface area (TPSA) is 12.9 Å². The third-order valence-corrected chi connectivity index (χ3v) is 4.63. The molecule has 0 aliphatic rings. The SMILES string of the molecule is C=CC(CC)SSc1ccc(C)cn1. The van der Waals surface area contributed by atoms with E-state index >= 15 is 0 Å². The fourth-order valence-electron chi connectivity index (χ4n) is 0.889. The summed E-state index contributed by atoms with van der Waals surface area (Å²) in [5, 5.41) is 1.59. The smallest absolute Gasteiger partial charge is 0.107 e. The molecule has 0 amide bonds. The quantitative estimate of drug-likeness (QED) is 0.553. The normalized spacial score (nSPS) is 12.4. The highest BCUT2D eigenvalue weighted by Gasteiger charge is 2.03. The lowest BCUT2D eigenvalue weighted by atomic mass is 10.3. The minimum absolute atomic E-state index is 0.517. The Labute approximate surface area is 93.8 Å². The molecule has 76 valence electrons. The molecule has 1 atom stereocenters. The first-order chi connectivity index (χ1) is 6.76. The van der Waals surface area contributed by atoms with Crippen LogP contribution in [0.4, 0.5) is 0 Å². The fraction of sp³-hybridized carbons (Fsp3) is 0.364. The zero-order chi connectivity index (χ0) is 10.4. The van der Waals surface area contributed by atoms with Crippen LogP contribution >= 0.6 is 21.6 Å². The summed E-state index contributed by atoms with van der Waals surface area (Å²) in [5.74, 6) is 0. The van der Waals surface area contributed by atoms with Gasteiger partial charge >= 0.3 is 0 Å². The van der Waals surface area contributed by atoms with Crippen molar-refractivity contribution < 1.29 is 0 Å². The van der Waals surface area contributed by atoms with Crippen LogP contribution in [0, 0.1) is 6.92 Å². The van der Waals surface area contributed by atoms with Gasteiger partial charge in [0.25, 0.3) is 0 Å². The average Bonchev–Trinajstić information content (AvgIpc) is 2.22. The van der Waals surface area contributed by atoms with E-state index < -0.39 is 0 Å². The first-order valence-corrected chi connectivity index (χ1v) is 6.86. The maximum atomic E-state index is 4.33. The largest absolute Gasteiger partial charge is 0.249 e. The van der Waals surface area contributed by atoms with E-state index in [4.69, 9.17) is 0 Å². The monoisotopic (exact) mass is 225 g/mol. The van der Waals surface area contributed by atoms with Crippen LogP contribution in [0.5, 0.6) is 0 Å². The molecule has 0 bridgehead atoms. The summed E-state index contributed by atoms with van der Waals surface area (Å²) in [6, 6.07) is 4.15. The number of aromatic nitrogens is 1. The van der Waals surface area contributed by atoms with Crippen LogP contribution in [-0.4, -0.2) is 10.2 Å². The summed E-state index contributed by atoms with van der Waals surface area (Å²) >= 11 is 0. The lowest BCUT2D eigenvalue weighted by Crippen LogP contribution is -1.91.